The number of hydrogen-bond acceptors (Lipinski definition) is 7. The molecule has 3 rings (SSSR count). The summed E-state index contributed by atoms with van der Waals surface area (Å²) in [6.45, 7) is 1.53. The third kappa shape index (κ3) is 2.17. The van der Waals surface area contributed by atoms with Gasteiger partial charge in [-0.3, -0.25) is 9.59 Å². The first-order chi connectivity index (χ1) is 12.2. The van der Waals surface area contributed by atoms with E-state index >= 15 is 0 Å². The number of phenolic OH excluding ortho intramolecular Hbond substituents is 1. The van der Waals surface area contributed by atoms with Gasteiger partial charge >= 0.3 is 5.97 Å². The van der Waals surface area contributed by atoms with E-state index in [0.29, 0.717) is 0 Å². The van der Waals surface area contributed by atoms with Crippen LogP contribution >= 0.6 is 23.2 Å². The summed E-state index contributed by atoms with van der Waals surface area (Å²) >= 11 is 12.3. The molecule has 0 aromatic heterocycles. The highest BCUT2D eigenvalue weighted by Crippen LogP contribution is 2.54. The van der Waals surface area contributed by atoms with Crippen LogP contribution in [0.15, 0.2) is 23.5 Å². The van der Waals surface area contributed by atoms with Crippen LogP contribution in [0.2, 0.25) is 10.0 Å². The molecule has 0 saturated carbocycles. The monoisotopic (exact) mass is 398 g/mol. The number of ketones is 2. The van der Waals surface area contributed by atoms with Gasteiger partial charge in [0.2, 0.25) is 5.78 Å². The number of rotatable bonds is 2. The van der Waals surface area contributed by atoms with Crippen LogP contribution in [0.4, 0.5) is 0 Å². The van der Waals surface area contributed by atoms with E-state index in [0.717, 1.165) is 19.3 Å². The zero-order valence-electron chi connectivity index (χ0n) is 13.8. The summed E-state index contributed by atoms with van der Waals surface area (Å²) in [6.07, 6.45) is 1.92. The Labute approximate surface area is 157 Å². The SMILES string of the molecule is COC(=O)C1=CC(=O)C=C(OC)[C@@]12Oc1c(Cl)c(C)c(Cl)c(O)c1C2=O. The Morgan fingerprint density at radius 3 is 2.42 bits per heavy atom. The quantitative estimate of drug-likeness (QED) is 0.763. The molecule has 1 atom stereocenters. The van der Waals surface area contributed by atoms with Gasteiger partial charge in [0.1, 0.15) is 16.9 Å². The van der Waals surface area contributed by atoms with Gasteiger partial charge in [0, 0.05) is 12.2 Å². The Bertz CT molecular complexity index is 945. The minimum absolute atomic E-state index is 0.00964. The van der Waals surface area contributed by atoms with Gasteiger partial charge in [0.15, 0.2) is 17.3 Å². The standard InChI is InChI=1S/C17H12Cl2O7/c1-6-11(18)13(21)10-14(12(6)19)26-17(15(10)22)8(16(23)25-3)4-7(20)5-9(17)24-2/h4-5,21H,1-3H3/t17-/m0/s1. The highest BCUT2D eigenvalue weighted by molar-refractivity contribution is 6.40. The lowest BCUT2D eigenvalue weighted by molar-refractivity contribution is -0.138. The van der Waals surface area contributed by atoms with Crippen molar-refractivity contribution in [1.82, 2.24) is 0 Å². The maximum atomic E-state index is 13.2. The molecule has 1 aliphatic heterocycles. The second-order valence-electron chi connectivity index (χ2n) is 5.58. The van der Waals surface area contributed by atoms with Crippen molar-refractivity contribution in [3.8, 4) is 11.5 Å². The molecule has 1 aromatic carbocycles. The molecule has 0 bridgehead atoms. The molecular formula is C17H12Cl2O7. The lowest BCUT2D eigenvalue weighted by Gasteiger charge is -2.31. The molecule has 0 amide bonds. The van der Waals surface area contributed by atoms with E-state index in [4.69, 9.17) is 32.7 Å². The normalized spacial score (nSPS) is 21.1. The van der Waals surface area contributed by atoms with Crippen LogP contribution in [0.3, 0.4) is 0 Å². The number of halogens is 2. The van der Waals surface area contributed by atoms with Gasteiger partial charge in [0.25, 0.3) is 5.60 Å². The van der Waals surface area contributed by atoms with Crippen LogP contribution in [0, 0.1) is 6.92 Å². The molecular weight excluding hydrogens is 387 g/mol. The Kier molecular flexibility index (Phi) is 4.24. The number of phenols is 1. The molecule has 1 spiro atoms. The molecule has 136 valence electrons. The van der Waals surface area contributed by atoms with Gasteiger partial charge in [-0.25, -0.2) is 4.79 Å². The molecule has 0 radical (unpaired) electrons. The third-order valence-electron chi connectivity index (χ3n) is 4.24. The maximum absolute atomic E-state index is 13.2. The van der Waals surface area contributed by atoms with Crippen molar-refractivity contribution in [1.29, 1.82) is 0 Å². The lowest BCUT2D eigenvalue weighted by atomic mass is 9.81. The summed E-state index contributed by atoms with van der Waals surface area (Å²) in [5, 5.41) is 10.2. The molecule has 0 saturated heterocycles. The average Bonchev–Trinajstić information content (AvgIpc) is 2.93. The van der Waals surface area contributed by atoms with Crippen molar-refractivity contribution >= 4 is 40.7 Å². The third-order valence-corrected chi connectivity index (χ3v) is 5.16. The van der Waals surface area contributed by atoms with E-state index in [1.807, 2.05) is 0 Å². The zero-order valence-corrected chi connectivity index (χ0v) is 15.3. The van der Waals surface area contributed by atoms with Gasteiger partial charge in [-0.1, -0.05) is 23.2 Å². The average molecular weight is 399 g/mol. The predicted molar refractivity (Wildman–Crippen MR) is 90.8 cm³/mol. The van der Waals surface area contributed by atoms with Crippen molar-refractivity contribution in [3.05, 3.63) is 44.7 Å². The molecule has 1 N–H and O–H groups in total. The number of ether oxygens (including phenoxy) is 3. The van der Waals surface area contributed by atoms with Gasteiger partial charge in [-0.15, -0.1) is 0 Å². The summed E-state index contributed by atoms with van der Waals surface area (Å²) in [4.78, 5) is 37.4. The number of fused-ring (bicyclic) bond motifs is 1. The van der Waals surface area contributed by atoms with Crippen LogP contribution in [0.1, 0.15) is 15.9 Å². The fourth-order valence-corrected chi connectivity index (χ4v) is 3.42. The first-order valence-corrected chi connectivity index (χ1v) is 8.01. The van der Waals surface area contributed by atoms with Crippen LogP contribution in [0.25, 0.3) is 0 Å². The molecule has 0 fully saturated rings. The smallest absolute Gasteiger partial charge is 0.338 e. The predicted octanol–water partition coefficient (Wildman–Crippen LogP) is 2.53. The zero-order chi connectivity index (χ0) is 19.4. The van der Waals surface area contributed by atoms with Crippen molar-refractivity contribution in [2.75, 3.05) is 14.2 Å². The van der Waals surface area contributed by atoms with Crippen molar-refractivity contribution < 1.29 is 33.7 Å². The van der Waals surface area contributed by atoms with Crippen molar-refractivity contribution in [3.63, 3.8) is 0 Å². The first kappa shape index (κ1) is 18.3. The molecule has 26 heavy (non-hydrogen) atoms. The summed E-state index contributed by atoms with van der Waals surface area (Å²) in [5.74, 6) is -3.36. The number of aromatic hydroxyl groups is 1. The van der Waals surface area contributed by atoms with Gasteiger partial charge in [0.05, 0.1) is 24.3 Å². The van der Waals surface area contributed by atoms with E-state index < -0.39 is 34.5 Å². The number of methoxy groups -OCH3 is 2. The Morgan fingerprint density at radius 2 is 1.85 bits per heavy atom. The van der Waals surface area contributed by atoms with E-state index in [1.165, 1.54) is 14.0 Å². The fourth-order valence-electron chi connectivity index (χ4n) is 2.96. The molecule has 7 nitrogen and oxygen atoms in total. The van der Waals surface area contributed by atoms with Gasteiger partial charge < -0.3 is 19.3 Å². The van der Waals surface area contributed by atoms with E-state index in [2.05, 4.69) is 4.74 Å². The fraction of sp³-hybridized carbons (Fsp3) is 0.235. The van der Waals surface area contributed by atoms with E-state index in [1.54, 1.807) is 0 Å². The van der Waals surface area contributed by atoms with Crippen LogP contribution < -0.4 is 4.74 Å². The van der Waals surface area contributed by atoms with Crippen LogP contribution in [-0.2, 0) is 19.1 Å². The van der Waals surface area contributed by atoms with Gasteiger partial charge in [-0.2, -0.15) is 0 Å². The highest BCUT2D eigenvalue weighted by Gasteiger charge is 2.61. The number of hydrogen-bond donors (Lipinski definition) is 1. The second kappa shape index (κ2) is 6.03. The minimum Gasteiger partial charge on any atom is -0.505 e. The summed E-state index contributed by atoms with van der Waals surface area (Å²) < 4.78 is 15.6. The molecule has 9 heteroatoms. The van der Waals surface area contributed by atoms with Crippen molar-refractivity contribution in [2.45, 2.75) is 12.5 Å². The first-order valence-electron chi connectivity index (χ1n) is 7.25. The molecule has 1 aliphatic carbocycles. The number of carbonyl (C=O) groups is 3. The largest absolute Gasteiger partial charge is 0.505 e. The summed E-state index contributed by atoms with van der Waals surface area (Å²) in [5.41, 5.74) is -2.56. The van der Waals surface area contributed by atoms with Crippen LogP contribution in [0.5, 0.6) is 11.5 Å². The molecule has 2 aliphatic rings. The number of Topliss-reactive ketones (excluding diaryl/α,β-unsaturated/α-hetero) is 1. The summed E-state index contributed by atoms with van der Waals surface area (Å²) in [7, 11) is 2.30. The number of benzene rings is 1. The minimum atomic E-state index is -2.14. The Balaban J connectivity index is 2.35. The molecule has 1 heterocycles. The van der Waals surface area contributed by atoms with E-state index in [9.17, 15) is 19.5 Å². The maximum Gasteiger partial charge on any atom is 0.338 e. The summed E-state index contributed by atoms with van der Waals surface area (Å²) in [6, 6.07) is 0. The number of esters is 1. The number of allylic oxidation sites excluding steroid dienone is 2. The Hall–Kier alpha value is -2.51. The molecule has 1 aromatic rings. The van der Waals surface area contributed by atoms with E-state index in [-0.39, 0.29) is 32.7 Å². The topological polar surface area (TPSA) is 99.1 Å². The lowest BCUT2D eigenvalue weighted by Crippen LogP contribution is -2.49. The Morgan fingerprint density at radius 1 is 1.19 bits per heavy atom. The van der Waals surface area contributed by atoms with Gasteiger partial charge in [-0.05, 0) is 12.5 Å². The number of carbonyl (C=O) groups excluding carboxylic acids is 3. The molecule has 0 unspecified atom stereocenters. The van der Waals surface area contributed by atoms with Crippen molar-refractivity contribution in [2.24, 2.45) is 0 Å². The second-order valence-corrected chi connectivity index (χ2v) is 6.34. The highest BCUT2D eigenvalue weighted by atomic mass is 35.5. The van der Waals surface area contributed by atoms with Crippen LogP contribution in [-0.4, -0.2) is 42.5 Å².